The minimum atomic E-state index is 0.0778. The number of carbonyl (C=O) groups is 1. The number of rotatable bonds is 8. The van der Waals surface area contributed by atoms with Gasteiger partial charge >= 0.3 is 0 Å². The van der Waals surface area contributed by atoms with Crippen LogP contribution in [0, 0.1) is 0 Å². The Balaban J connectivity index is 1.70. The number of likely N-dealkylation sites (tertiary alicyclic amines) is 1. The lowest BCUT2D eigenvalue weighted by Gasteiger charge is -2.21. The lowest BCUT2D eigenvalue weighted by Crippen LogP contribution is -2.37. The van der Waals surface area contributed by atoms with Gasteiger partial charge in [0.05, 0.1) is 6.54 Å². The Labute approximate surface area is 165 Å². The number of carbonyl (C=O) groups excluding carboxylic acids is 1. The highest BCUT2D eigenvalue weighted by atomic mass is 79.9. The molecule has 0 aliphatic carbocycles. The largest absolute Gasteiger partial charge is 0.370 e. The van der Waals surface area contributed by atoms with E-state index in [-0.39, 0.29) is 5.91 Å². The third-order valence-corrected chi connectivity index (χ3v) is 5.59. The quantitative estimate of drug-likeness (QED) is 0.496. The predicted molar refractivity (Wildman–Crippen MR) is 110 cm³/mol. The second kappa shape index (κ2) is 10.5. The lowest BCUT2D eigenvalue weighted by molar-refractivity contribution is -0.130. The molecule has 2 rings (SSSR count). The Hall–Kier alpha value is -1.60. The molecule has 0 saturated carbocycles. The van der Waals surface area contributed by atoms with Crippen molar-refractivity contribution in [3.63, 3.8) is 0 Å². The van der Waals surface area contributed by atoms with Gasteiger partial charge in [-0.15, -0.1) is 0 Å². The van der Waals surface area contributed by atoms with Crippen LogP contribution >= 0.6 is 15.9 Å². The Kier molecular flexibility index (Phi) is 8.38. The smallest absolute Gasteiger partial charge is 0.224 e. The second-order valence-corrected chi connectivity index (χ2v) is 7.52. The highest BCUT2D eigenvalue weighted by Crippen LogP contribution is 2.18. The second-order valence-electron chi connectivity index (χ2n) is 6.67. The van der Waals surface area contributed by atoms with Crippen LogP contribution in [0.5, 0.6) is 0 Å². The number of amides is 1. The number of nitrogens with one attached hydrogen (secondary N) is 1. The molecule has 26 heavy (non-hydrogen) atoms. The number of hydrogen-bond acceptors (Lipinski definition) is 3. The summed E-state index contributed by atoms with van der Waals surface area (Å²) in [6.45, 7) is 6.20. The number of benzene rings is 1. The number of nitrogens with two attached hydrogens (primary N) is 1. The molecule has 0 bridgehead atoms. The molecule has 144 valence electrons. The first-order chi connectivity index (χ1) is 12.5. The minimum absolute atomic E-state index is 0.0778. The lowest BCUT2D eigenvalue weighted by atomic mass is 10.2. The number of halogens is 1. The zero-order valence-electron chi connectivity index (χ0n) is 15.7. The summed E-state index contributed by atoms with van der Waals surface area (Å²) in [5, 5.41) is 3.05. The van der Waals surface area contributed by atoms with E-state index in [0.29, 0.717) is 31.5 Å². The molecule has 1 heterocycles. The van der Waals surface area contributed by atoms with Crippen molar-refractivity contribution in [1.82, 2.24) is 15.1 Å². The summed E-state index contributed by atoms with van der Waals surface area (Å²) in [4.78, 5) is 20.9. The summed E-state index contributed by atoms with van der Waals surface area (Å²) in [5.41, 5.74) is 7.03. The van der Waals surface area contributed by atoms with Crippen LogP contribution in [0.3, 0.4) is 0 Å². The average Bonchev–Trinajstić information content (AvgIpc) is 3.09. The minimum Gasteiger partial charge on any atom is -0.370 e. The summed E-state index contributed by atoms with van der Waals surface area (Å²) in [6, 6.07) is 8.43. The van der Waals surface area contributed by atoms with Gasteiger partial charge in [-0.2, -0.15) is 0 Å². The standard InChI is InChI=1S/C19H30BrN5O/c1-3-25-12-6-8-16(25)13-23-19(21)22-11-10-18(26)24(2)14-15-7-4-5-9-17(15)20/h4-5,7,9,16H,3,6,8,10-14H2,1-2H3,(H3,21,22,23). The summed E-state index contributed by atoms with van der Waals surface area (Å²) >= 11 is 3.51. The third kappa shape index (κ3) is 6.29. The van der Waals surface area contributed by atoms with Crippen molar-refractivity contribution < 1.29 is 4.79 Å². The van der Waals surface area contributed by atoms with Gasteiger partial charge in [0, 0.05) is 37.1 Å². The predicted octanol–water partition coefficient (Wildman–Crippen LogP) is 2.19. The third-order valence-electron chi connectivity index (χ3n) is 4.81. The van der Waals surface area contributed by atoms with Crippen LogP contribution in [0.15, 0.2) is 33.7 Å². The molecule has 1 aromatic rings. The van der Waals surface area contributed by atoms with Crippen LogP contribution in [0.2, 0.25) is 0 Å². The first kappa shape index (κ1) is 20.7. The summed E-state index contributed by atoms with van der Waals surface area (Å²) in [6.07, 6.45) is 2.81. The first-order valence-electron chi connectivity index (χ1n) is 9.26. The van der Waals surface area contributed by atoms with Crippen LogP contribution in [0.1, 0.15) is 31.7 Å². The Morgan fingerprint density at radius 1 is 1.46 bits per heavy atom. The summed E-state index contributed by atoms with van der Waals surface area (Å²) in [5.74, 6) is 0.503. The molecule has 1 saturated heterocycles. The van der Waals surface area contributed by atoms with Gasteiger partial charge in [0.25, 0.3) is 0 Å². The zero-order chi connectivity index (χ0) is 18.9. The average molecular weight is 424 g/mol. The molecular weight excluding hydrogens is 394 g/mol. The van der Waals surface area contributed by atoms with Crippen molar-refractivity contribution in [1.29, 1.82) is 0 Å². The molecule has 1 atom stereocenters. The van der Waals surface area contributed by atoms with Gasteiger partial charge < -0.3 is 16.0 Å². The van der Waals surface area contributed by atoms with Crippen LogP contribution in [0.25, 0.3) is 0 Å². The van der Waals surface area contributed by atoms with Crippen molar-refractivity contribution in [3.05, 3.63) is 34.3 Å². The van der Waals surface area contributed by atoms with Gasteiger partial charge in [-0.1, -0.05) is 41.1 Å². The van der Waals surface area contributed by atoms with Crippen LogP contribution in [-0.4, -0.2) is 60.9 Å². The van der Waals surface area contributed by atoms with Gasteiger partial charge in [-0.25, -0.2) is 0 Å². The van der Waals surface area contributed by atoms with E-state index >= 15 is 0 Å². The Morgan fingerprint density at radius 2 is 2.23 bits per heavy atom. The molecule has 1 aromatic carbocycles. The van der Waals surface area contributed by atoms with E-state index in [1.165, 1.54) is 12.8 Å². The Morgan fingerprint density at radius 3 is 2.96 bits per heavy atom. The molecule has 7 heteroatoms. The molecule has 0 radical (unpaired) electrons. The van der Waals surface area contributed by atoms with Crippen LogP contribution in [0.4, 0.5) is 0 Å². The topological polar surface area (TPSA) is 74.0 Å². The fraction of sp³-hybridized carbons (Fsp3) is 0.579. The normalized spacial score (nSPS) is 18.1. The molecule has 0 spiro atoms. The fourth-order valence-corrected chi connectivity index (χ4v) is 3.65. The number of guanidine groups is 1. The van der Waals surface area contributed by atoms with Gasteiger partial charge in [0.15, 0.2) is 5.96 Å². The van der Waals surface area contributed by atoms with Crippen LogP contribution in [-0.2, 0) is 11.3 Å². The van der Waals surface area contributed by atoms with Crippen molar-refractivity contribution in [2.75, 3.05) is 33.2 Å². The van der Waals surface area contributed by atoms with Crippen molar-refractivity contribution in [2.24, 2.45) is 10.7 Å². The van der Waals surface area contributed by atoms with E-state index in [4.69, 9.17) is 5.73 Å². The van der Waals surface area contributed by atoms with Crippen LogP contribution < -0.4 is 11.1 Å². The Bertz CT molecular complexity index is 622. The van der Waals surface area contributed by atoms with E-state index < -0.39 is 0 Å². The van der Waals surface area contributed by atoms with Gasteiger partial charge in [0.1, 0.15) is 0 Å². The highest BCUT2D eigenvalue weighted by molar-refractivity contribution is 9.10. The van der Waals surface area contributed by atoms with Crippen molar-refractivity contribution in [3.8, 4) is 0 Å². The summed E-state index contributed by atoms with van der Waals surface area (Å²) < 4.78 is 1.02. The van der Waals surface area contributed by atoms with Crippen molar-refractivity contribution in [2.45, 2.75) is 38.8 Å². The molecule has 1 fully saturated rings. The maximum absolute atomic E-state index is 12.3. The van der Waals surface area contributed by atoms with E-state index in [2.05, 4.69) is 38.1 Å². The molecule has 1 amide bonds. The maximum atomic E-state index is 12.3. The number of aliphatic imine (C=N–C) groups is 1. The van der Waals surface area contributed by atoms with Gasteiger partial charge in [-0.3, -0.25) is 14.7 Å². The monoisotopic (exact) mass is 423 g/mol. The number of hydrogen-bond donors (Lipinski definition) is 2. The maximum Gasteiger partial charge on any atom is 0.224 e. The van der Waals surface area contributed by atoms with E-state index in [1.807, 2.05) is 31.3 Å². The molecule has 1 aliphatic heterocycles. The number of likely N-dealkylation sites (N-methyl/N-ethyl adjacent to an activating group) is 1. The van der Waals surface area contributed by atoms with E-state index in [0.717, 1.165) is 29.7 Å². The van der Waals surface area contributed by atoms with E-state index in [9.17, 15) is 4.79 Å². The first-order valence-corrected chi connectivity index (χ1v) is 10.1. The molecule has 6 nitrogen and oxygen atoms in total. The molecular formula is C19H30BrN5O. The molecule has 0 aromatic heterocycles. The zero-order valence-corrected chi connectivity index (χ0v) is 17.3. The highest BCUT2D eigenvalue weighted by Gasteiger charge is 2.22. The SMILES string of the molecule is CCN1CCCC1CN=C(N)NCCC(=O)N(C)Cc1ccccc1Br. The molecule has 1 unspecified atom stereocenters. The van der Waals surface area contributed by atoms with Gasteiger partial charge in [0.2, 0.25) is 5.91 Å². The molecule has 1 aliphatic rings. The van der Waals surface area contributed by atoms with Crippen molar-refractivity contribution >= 4 is 27.8 Å². The number of nitrogens with zero attached hydrogens (tertiary/aromatic N) is 3. The molecule has 3 N–H and O–H groups in total. The van der Waals surface area contributed by atoms with E-state index in [1.54, 1.807) is 4.90 Å². The van der Waals surface area contributed by atoms with Gasteiger partial charge in [-0.05, 0) is 37.6 Å². The fourth-order valence-electron chi connectivity index (χ4n) is 3.24. The summed E-state index contributed by atoms with van der Waals surface area (Å²) in [7, 11) is 1.82.